The number of benzene rings is 2. The van der Waals surface area contributed by atoms with Crippen molar-refractivity contribution in [2.75, 3.05) is 0 Å². The van der Waals surface area contributed by atoms with Gasteiger partial charge < -0.3 is 9.15 Å². The normalized spacial score (nSPS) is 10.6. The predicted octanol–water partition coefficient (Wildman–Crippen LogP) is 4.31. The van der Waals surface area contributed by atoms with Crippen LogP contribution < -0.4 is 0 Å². The summed E-state index contributed by atoms with van der Waals surface area (Å²) >= 11 is 3.41. The number of halogens is 2. The molecule has 128 valence electrons. The first kappa shape index (κ1) is 17.3. The van der Waals surface area contributed by atoms with E-state index >= 15 is 0 Å². The molecule has 5 nitrogen and oxygen atoms in total. The Morgan fingerprint density at radius 3 is 2.64 bits per heavy atom. The molecular weight excluding hydrogens is 391 g/mol. The molecule has 0 atom stereocenters. The molecule has 2 aromatic carbocycles. The molecule has 0 fully saturated rings. The van der Waals surface area contributed by atoms with E-state index in [0.717, 1.165) is 15.6 Å². The highest BCUT2D eigenvalue weighted by molar-refractivity contribution is 9.10. The van der Waals surface area contributed by atoms with Crippen molar-refractivity contribution in [2.45, 2.75) is 19.4 Å². The minimum Gasteiger partial charge on any atom is -0.456 e. The first-order chi connectivity index (χ1) is 12.1. The van der Waals surface area contributed by atoms with Crippen molar-refractivity contribution in [1.29, 1.82) is 0 Å². The molecule has 0 aliphatic rings. The monoisotopic (exact) mass is 404 g/mol. The van der Waals surface area contributed by atoms with Crippen LogP contribution in [0.25, 0.3) is 11.5 Å². The van der Waals surface area contributed by atoms with Gasteiger partial charge in [0, 0.05) is 10.9 Å². The fraction of sp³-hybridized carbons (Fsp3) is 0.167. The molecule has 0 unspecified atom stereocenters. The minimum atomic E-state index is -0.384. The third-order valence-electron chi connectivity index (χ3n) is 3.46. The summed E-state index contributed by atoms with van der Waals surface area (Å²) in [6.07, 6.45) is 0.669. The maximum absolute atomic E-state index is 12.8. The molecule has 0 aliphatic heterocycles. The summed E-state index contributed by atoms with van der Waals surface area (Å²) in [4.78, 5) is 11.8. The molecule has 0 bridgehead atoms. The first-order valence-electron chi connectivity index (χ1n) is 7.59. The third-order valence-corrected chi connectivity index (χ3v) is 4.15. The number of ether oxygens (including phenoxy) is 1. The maximum atomic E-state index is 12.8. The quantitative estimate of drug-likeness (QED) is 0.572. The lowest BCUT2D eigenvalue weighted by molar-refractivity contribution is -0.145. The number of hydrogen-bond acceptors (Lipinski definition) is 5. The zero-order valence-corrected chi connectivity index (χ0v) is 14.7. The summed E-state index contributed by atoms with van der Waals surface area (Å²) in [6.45, 7) is -0.0836. The fourth-order valence-electron chi connectivity index (χ4n) is 2.17. The van der Waals surface area contributed by atoms with Gasteiger partial charge in [0.1, 0.15) is 5.82 Å². The zero-order chi connectivity index (χ0) is 17.6. The van der Waals surface area contributed by atoms with Crippen LogP contribution in [0.15, 0.2) is 57.4 Å². The molecule has 0 spiro atoms. The molecule has 7 heteroatoms. The van der Waals surface area contributed by atoms with Crippen LogP contribution in [0.2, 0.25) is 0 Å². The summed E-state index contributed by atoms with van der Waals surface area (Å²) in [5, 5.41) is 7.83. The predicted molar refractivity (Wildman–Crippen MR) is 92.0 cm³/mol. The highest BCUT2D eigenvalue weighted by atomic mass is 79.9. The largest absolute Gasteiger partial charge is 0.456 e. The first-order valence-corrected chi connectivity index (χ1v) is 8.38. The number of nitrogens with zero attached hydrogens (tertiary/aromatic N) is 2. The van der Waals surface area contributed by atoms with Crippen molar-refractivity contribution in [3.63, 3.8) is 0 Å². The van der Waals surface area contributed by atoms with Crippen LogP contribution in [0.1, 0.15) is 17.9 Å². The van der Waals surface area contributed by atoms with Crippen LogP contribution in [0.4, 0.5) is 4.39 Å². The minimum absolute atomic E-state index is 0.0836. The summed E-state index contributed by atoms with van der Waals surface area (Å²) in [7, 11) is 0. The molecule has 0 saturated carbocycles. The molecule has 0 radical (unpaired) electrons. The molecule has 1 heterocycles. The smallest absolute Gasteiger partial charge is 0.306 e. The lowest BCUT2D eigenvalue weighted by atomic mass is 10.1. The van der Waals surface area contributed by atoms with E-state index in [1.54, 1.807) is 12.1 Å². The van der Waals surface area contributed by atoms with Gasteiger partial charge in [-0.15, -0.1) is 10.2 Å². The Hall–Kier alpha value is -2.54. The second-order valence-electron chi connectivity index (χ2n) is 5.27. The van der Waals surface area contributed by atoms with Gasteiger partial charge in [-0.2, -0.15) is 0 Å². The average molecular weight is 405 g/mol. The van der Waals surface area contributed by atoms with Crippen molar-refractivity contribution in [3.05, 3.63) is 70.3 Å². The second kappa shape index (κ2) is 8.02. The molecule has 0 saturated heterocycles. The van der Waals surface area contributed by atoms with Gasteiger partial charge >= 0.3 is 5.97 Å². The van der Waals surface area contributed by atoms with E-state index < -0.39 is 0 Å². The van der Waals surface area contributed by atoms with Crippen LogP contribution in [-0.2, 0) is 22.6 Å². The zero-order valence-electron chi connectivity index (χ0n) is 13.1. The van der Waals surface area contributed by atoms with Gasteiger partial charge in [0.15, 0.2) is 6.61 Å². The van der Waals surface area contributed by atoms with Crippen LogP contribution >= 0.6 is 15.9 Å². The third kappa shape index (κ3) is 4.73. The summed E-state index contributed by atoms with van der Waals surface area (Å²) < 4.78 is 24.3. The number of aryl methyl sites for hydroxylation is 1. The Kier molecular flexibility index (Phi) is 5.55. The highest BCUT2D eigenvalue weighted by Crippen LogP contribution is 2.26. The lowest BCUT2D eigenvalue weighted by Crippen LogP contribution is -2.06. The van der Waals surface area contributed by atoms with Gasteiger partial charge in [-0.3, -0.25) is 4.79 Å². The van der Waals surface area contributed by atoms with Crippen LogP contribution in [0.3, 0.4) is 0 Å². The highest BCUT2D eigenvalue weighted by Gasteiger charge is 2.13. The molecule has 0 aliphatic carbocycles. The summed E-state index contributed by atoms with van der Waals surface area (Å²) in [5.41, 5.74) is 1.64. The van der Waals surface area contributed by atoms with Gasteiger partial charge in [-0.05, 0) is 52.2 Å². The Morgan fingerprint density at radius 2 is 1.88 bits per heavy atom. The van der Waals surface area contributed by atoms with Gasteiger partial charge in [-0.1, -0.05) is 24.3 Å². The molecule has 25 heavy (non-hydrogen) atoms. The van der Waals surface area contributed by atoms with E-state index in [0.29, 0.717) is 12.3 Å². The maximum Gasteiger partial charge on any atom is 0.306 e. The number of hydrogen-bond donors (Lipinski definition) is 0. The Morgan fingerprint density at radius 1 is 1.12 bits per heavy atom. The number of carbonyl (C=O) groups excluding carboxylic acids is 1. The van der Waals surface area contributed by atoms with E-state index in [1.807, 2.05) is 24.3 Å². The topological polar surface area (TPSA) is 65.2 Å². The van der Waals surface area contributed by atoms with Gasteiger partial charge in [0.25, 0.3) is 5.89 Å². The van der Waals surface area contributed by atoms with Crippen LogP contribution in [-0.4, -0.2) is 16.2 Å². The molecule has 0 amide bonds. The molecular formula is C18H14BrFN2O3. The van der Waals surface area contributed by atoms with E-state index in [9.17, 15) is 9.18 Å². The lowest BCUT2D eigenvalue weighted by Gasteiger charge is -2.02. The van der Waals surface area contributed by atoms with Gasteiger partial charge in [0.2, 0.25) is 5.89 Å². The summed E-state index contributed by atoms with van der Waals surface area (Å²) in [6, 6.07) is 13.5. The van der Waals surface area contributed by atoms with Crippen molar-refractivity contribution < 1.29 is 18.3 Å². The average Bonchev–Trinajstić information content (AvgIpc) is 3.08. The number of esters is 1. The van der Waals surface area contributed by atoms with Crippen molar-refractivity contribution >= 4 is 21.9 Å². The Bertz CT molecular complexity index is 865. The molecule has 3 rings (SSSR count). The number of rotatable bonds is 6. The van der Waals surface area contributed by atoms with Crippen LogP contribution in [0.5, 0.6) is 0 Å². The van der Waals surface area contributed by atoms with E-state index in [1.165, 1.54) is 12.1 Å². The molecule has 1 aromatic heterocycles. The fourth-order valence-corrected chi connectivity index (χ4v) is 2.62. The SMILES string of the molecule is O=C(CCc1ccc(F)cc1)OCc1nnc(-c2ccccc2Br)o1. The van der Waals surface area contributed by atoms with E-state index in [2.05, 4.69) is 26.1 Å². The Balaban J connectivity index is 1.51. The van der Waals surface area contributed by atoms with Crippen molar-refractivity contribution in [2.24, 2.45) is 0 Å². The van der Waals surface area contributed by atoms with Crippen LogP contribution in [0, 0.1) is 5.82 Å². The summed E-state index contributed by atoms with van der Waals surface area (Å²) in [5.74, 6) is -0.112. The number of aromatic nitrogens is 2. The number of carbonyl (C=O) groups is 1. The standard InChI is InChI=1S/C18H14BrFN2O3/c19-15-4-2-1-3-14(15)18-22-21-16(25-18)11-24-17(23)10-7-12-5-8-13(20)9-6-12/h1-6,8-9H,7,10-11H2. The van der Waals surface area contributed by atoms with Crippen molar-refractivity contribution in [1.82, 2.24) is 10.2 Å². The Labute approximate surface area is 152 Å². The van der Waals surface area contributed by atoms with Gasteiger partial charge in [0.05, 0.1) is 5.56 Å². The van der Waals surface area contributed by atoms with E-state index in [4.69, 9.17) is 9.15 Å². The van der Waals surface area contributed by atoms with E-state index in [-0.39, 0.29) is 30.7 Å². The molecule has 0 N–H and O–H groups in total. The van der Waals surface area contributed by atoms with Gasteiger partial charge in [-0.25, -0.2) is 4.39 Å². The molecule has 3 aromatic rings. The second-order valence-corrected chi connectivity index (χ2v) is 6.12. The van der Waals surface area contributed by atoms with Crippen molar-refractivity contribution in [3.8, 4) is 11.5 Å².